The van der Waals surface area contributed by atoms with Gasteiger partial charge in [0, 0.05) is 36.2 Å². The molecule has 3 nitrogen and oxygen atoms in total. The number of thiazole rings is 1. The molecule has 1 atom stereocenters. The minimum absolute atomic E-state index is 0.426. The minimum Gasteiger partial charge on any atom is -0.311 e. The molecule has 0 radical (unpaired) electrons. The molecule has 110 valence electrons. The highest BCUT2D eigenvalue weighted by molar-refractivity contribution is 7.09. The van der Waals surface area contributed by atoms with E-state index in [2.05, 4.69) is 20.6 Å². The maximum absolute atomic E-state index is 4.53. The molecule has 1 aromatic heterocycles. The number of aromatic nitrogens is 1. The smallest absolute Gasteiger partial charge is 0.107 e. The first kappa shape index (κ1) is 13.2. The van der Waals surface area contributed by atoms with Gasteiger partial charge in [-0.3, -0.25) is 4.90 Å². The molecule has 0 bridgehead atoms. The van der Waals surface area contributed by atoms with E-state index in [0.717, 1.165) is 18.5 Å². The largest absolute Gasteiger partial charge is 0.311 e. The molecule has 0 amide bonds. The maximum atomic E-state index is 4.53. The molecule has 2 aliphatic carbocycles. The van der Waals surface area contributed by atoms with Crippen molar-refractivity contribution in [1.29, 1.82) is 0 Å². The Hall–Kier alpha value is -0.450. The summed E-state index contributed by atoms with van der Waals surface area (Å²) in [6.07, 6.45) is 11.8. The van der Waals surface area contributed by atoms with Crippen molar-refractivity contribution in [2.45, 2.75) is 63.1 Å². The lowest BCUT2D eigenvalue weighted by atomic mass is 9.78. The lowest BCUT2D eigenvalue weighted by Crippen LogP contribution is -2.65. The Morgan fingerprint density at radius 3 is 2.85 bits per heavy atom. The van der Waals surface area contributed by atoms with Gasteiger partial charge in [-0.1, -0.05) is 19.3 Å². The second-order valence-corrected chi connectivity index (χ2v) is 7.90. The van der Waals surface area contributed by atoms with Crippen molar-refractivity contribution in [2.75, 3.05) is 13.1 Å². The van der Waals surface area contributed by atoms with Crippen molar-refractivity contribution in [3.63, 3.8) is 0 Å². The normalized spacial score (nSPS) is 30.7. The van der Waals surface area contributed by atoms with Gasteiger partial charge in [-0.15, -0.1) is 11.3 Å². The van der Waals surface area contributed by atoms with Crippen LogP contribution in [0.15, 0.2) is 11.6 Å². The summed E-state index contributed by atoms with van der Waals surface area (Å²) in [4.78, 5) is 7.33. The summed E-state index contributed by atoms with van der Waals surface area (Å²) in [5.74, 6) is 0.953. The van der Waals surface area contributed by atoms with Crippen LogP contribution in [0.25, 0.3) is 0 Å². The molecule has 2 heterocycles. The van der Waals surface area contributed by atoms with E-state index in [1.807, 2.05) is 17.5 Å². The zero-order valence-corrected chi connectivity index (χ0v) is 13.0. The minimum atomic E-state index is 0.426. The average Bonchev–Trinajstić information content (AvgIpc) is 3.20. The predicted molar refractivity (Wildman–Crippen MR) is 82.9 cm³/mol. The van der Waals surface area contributed by atoms with Crippen LogP contribution in [0, 0.1) is 5.92 Å². The molecule has 0 aromatic carbocycles. The standard InChI is InChI=1S/C16H25N3S/c1-2-6-16(7-3-1)12-18-14(13-4-5-13)10-19(16)11-15-17-8-9-20-15/h8-9,13-14,18H,1-7,10-12H2. The van der Waals surface area contributed by atoms with Crippen LogP contribution in [0.2, 0.25) is 0 Å². The van der Waals surface area contributed by atoms with Gasteiger partial charge in [-0.25, -0.2) is 4.98 Å². The van der Waals surface area contributed by atoms with Crippen molar-refractivity contribution < 1.29 is 0 Å². The van der Waals surface area contributed by atoms with Crippen LogP contribution in [0.1, 0.15) is 50.0 Å². The van der Waals surface area contributed by atoms with Crippen molar-refractivity contribution in [1.82, 2.24) is 15.2 Å². The van der Waals surface area contributed by atoms with Crippen LogP contribution in [-0.4, -0.2) is 34.6 Å². The molecule has 2 saturated carbocycles. The molecule has 1 spiro atoms. The number of nitrogens with zero attached hydrogens (tertiary/aromatic N) is 2. The second kappa shape index (κ2) is 5.39. The summed E-state index contributed by atoms with van der Waals surface area (Å²) < 4.78 is 0. The van der Waals surface area contributed by atoms with Crippen LogP contribution in [-0.2, 0) is 6.54 Å². The van der Waals surface area contributed by atoms with E-state index >= 15 is 0 Å². The third kappa shape index (κ3) is 2.53. The molecular weight excluding hydrogens is 266 g/mol. The molecule has 1 aromatic rings. The number of hydrogen-bond donors (Lipinski definition) is 1. The molecule has 3 fully saturated rings. The van der Waals surface area contributed by atoms with Gasteiger partial charge in [0.15, 0.2) is 0 Å². The van der Waals surface area contributed by atoms with Crippen molar-refractivity contribution in [3.05, 3.63) is 16.6 Å². The Morgan fingerprint density at radius 2 is 2.15 bits per heavy atom. The molecule has 1 N–H and O–H groups in total. The third-order valence-electron chi connectivity index (χ3n) is 5.57. The third-order valence-corrected chi connectivity index (χ3v) is 6.33. The van der Waals surface area contributed by atoms with Gasteiger partial charge in [0.25, 0.3) is 0 Å². The Balaban J connectivity index is 1.53. The fourth-order valence-corrected chi connectivity index (χ4v) is 4.80. The summed E-state index contributed by atoms with van der Waals surface area (Å²) >= 11 is 1.82. The highest BCUT2D eigenvalue weighted by atomic mass is 32.1. The highest BCUT2D eigenvalue weighted by Gasteiger charge is 2.45. The molecule has 1 aliphatic heterocycles. The van der Waals surface area contributed by atoms with Gasteiger partial charge in [-0.2, -0.15) is 0 Å². The van der Waals surface area contributed by atoms with Gasteiger partial charge in [0.1, 0.15) is 5.01 Å². The van der Waals surface area contributed by atoms with Crippen molar-refractivity contribution >= 4 is 11.3 Å². The zero-order chi connectivity index (χ0) is 13.4. The molecule has 3 aliphatic rings. The monoisotopic (exact) mass is 291 g/mol. The SMILES string of the molecule is c1csc(CN2CC(C3CC3)NCC23CCCCC3)n1. The molecule has 4 rings (SSSR count). The summed E-state index contributed by atoms with van der Waals surface area (Å²) in [6, 6.07) is 0.738. The van der Waals surface area contributed by atoms with E-state index in [-0.39, 0.29) is 0 Å². The molecule has 1 saturated heterocycles. The molecular formula is C16H25N3S. The Labute approximate surface area is 125 Å². The summed E-state index contributed by atoms with van der Waals surface area (Å²) in [7, 11) is 0. The Bertz CT molecular complexity index is 435. The molecule has 4 heteroatoms. The molecule has 1 unspecified atom stereocenters. The topological polar surface area (TPSA) is 28.2 Å². The predicted octanol–water partition coefficient (Wildman–Crippen LogP) is 3.03. The van der Waals surface area contributed by atoms with Crippen molar-refractivity contribution in [2.24, 2.45) is 5.92 Å². The van der Waals surface area contributed by atoms with E-state index in [0.29, 0.717) is 5.54 Å². The van der Waals surface area contributed by atoms with Crippen LogP contribution in [0.4, 0.5) is 0 Å². The van der Waals surface area contributed by atoms with E-state index < -0.39 is 0 Å². The maximum Gasteiger partial charge on any atom is 0.107 e. The summed E-state index contributed by atoms with van der Waals surface area (Å²) in [5, 5.41) is 7.30. The van der Waals surface area contributed by atoms with Gasteiger partial charge < -0.3 is 5.32 Å². The lowest BCUT2D eigenvalue weighted by molar-refractivity contribution is -0.000317. The van der Waals surface area contributed by atoms with Crippen LogP contribution in [0.3, 0.4) is 0 Å². The fraction of sp³-hybridized carbons (Fsp3) is 0.812. The van der Waals surface area contributed by atoms with E-state index in [1.165, 1.54) is 63.0 Å². The summed E-state index contributed by atoms with van der Waals surface area (Å²) in [5.41, 5.74) is 0.426. The quantitative estimate of drug-likeness (QED) is 0.928. The lowest BCUT2D eigenvalue weighted by Gasteiger charge is -2.52. The van der Waals surface area contributed by atoms with Crippen LogP contribution >= 0.6 is 11.3 Å². The zero-order valence-electron chi connectivity index (χ0n) is 12.2. The Morgan fingerprint density at radius 1 is 1.30 bits per heavy atom. The first-order valence-electron chi connectivity index (χ1n) is 8.23. The van der Waals surface area contributed by atoms with Crippen LogP contribution in [0.5, 0.6) is 0 Å². The van der Waals surface area contributed by atoms with Gasteiger partial charge in [0.2, 0.25) is 0 Å². The van der Waals surface area contributed by atoms with E-state index in [9.17, 15) is 0 Å². The molecule has 20 heavy (non-hydrogen) atoms. The summed E-state index contributed by atoms with van der Waals surface area (Å²) in [6.45, 7) is 3.52. The van der Waals surface area contributed by atoms with Gasteiger partial charge in [-0.05, 0) is 31.6 Å². The van der Waals surface area contributed by atoms with Gasteiger partial charge in [0.05, 0.1) is 6.54 Å². The number of nitrogens with one attached hydrogen (secondary N) is 1. The fourth-order valence-electron chi connectivity index (χ4n) is 4.17. The van der Waals surface area contributed by atoms with Crippen LogP contribution < -0.4 is 5.32 Å². The average molecular weight is 291 g/mol. The number of hydrogen-bond acceptors (Lipinski definition) is 4. The van der Waals surface area contributed by atoms with Crippen molar-refractivity contribution in [3.8, 4) is 0 Å². The highest BCUT2D eigenvalue weighted by Crippen LogP contribution is 2.40. The van der Waals surface area contributed by atoms with E-state index in [1.54, 1.807) is 0 Å². The van der Waals surface area contributed by atoms with Gasteiger partial charge >= 0.3 is 0 Å². The first-order valence-corrected chi connectivity index (χ1v) is 9.11. The van der Waals surface area contributed by atoms with E-state index in [4.69, 9.17) is 0 Å². The number of piperazine rings is 1. The first-order chi connectivity index (χ1) is 9.86. The number of rotatable bonds is 3. The Kier molecular flexibility index (Phi) is 3.57. The second-order valence-electron chi connectivity index (χ2n) is 6.92.